The number of amides is 1. The molecule has 0 fully saturated rings. The highest BCUT2D eigenvalue weighted by molar-refractivity contribution is 7.80. The molecule has 0 aliphatic rings. The van der Waals surface area contributed by atoms with Gasteiger partial charge >= 0.3 is 0 Å². The van der Waals surface area contributed by atoms with Crippen molar-refractivity contribution in [3.8, 4) is 11.3 Å². The Morgan fingerprint density at radius 1 is 1.09 bits per heavy atom. The normalized spacial score (nSPS) is 10.8. The lowest BCUT2D eigenvalue weighted by Gasteiger charge is -2.10. The highest BCUT2D eigenvalue weighted by Gasteiger charge is 2.16. The van der Waals surface area contributed by atoms with Crippen molar-refractivity contribution in [1.82, 2.24) is 15.5 Å². The van der Waals surface area contributed by atoms with Crippen LogP contribution in [0, 0.1) is 13.8 Å². The van der Waals surface area contributed by atoms with Gasteiger partial charge in [-0.25, -0.2) is 0 Å². The molecule has 2 aromatic carbocycles. The van der Waals surface area contributed by atoms with E-state index in [1.165, 1.54) is 5.56 Å². The third kappa shape index (κ3) is 5.27. The van der Waals surface area contributed by atoms with Crippen molar-refractivity contribution in [3.05, 3.63) is 92.9 Å². The van der Waals surface area contributed by atoms with Gasteiger partial charge in [-0.3, -0.25) is 15.2 Å². The summed E-state index contributed by atoms with van der Waals surface area (Å²) in [6.07, 6.45) is 0.785. The standard InChI is InChI=1S/C24H20Cl2N4O2S/c1-13-18(14(2)30-29-13)12-15-6-8-16(9-7-15)27-24(33)28-23(31)21-11-10-20(32-21)17-4-3-5-19(25)22(17)26/h3-11H,12H2,1-2H3,(H,29,30)(H2,27,28,31,33). The predicted molar refractivity (Wildman–Crippen MR) is 135 cm³/mol. The van der Waals surface area contributed by atoms with Gasteiger partial charge in [-0.15, -0.1) is 0 Å². The molecule has 0 radical (unpaired) electrons. The number of thiocarbonyl (C=S) groups is 1. The molecule has 0 aliphatic carbocycles. The van der Waals surface area contributed by atoms with E-state index in [1.807, 2.05) is 38.1 Å². The maximum atomic E-state index is 12.5. The van der Waals surface area contributed by atoms with Crippen LogP contribution in [-0.2, 0) is 6.42 Å². The molecule has 0 saturated carbocycles. The number of H-pyrrole nitrogens is 1. The first-order valence-corrected chi connectivity index (χ1v) is 11.2. The summed E-state index contributed by atoms with van der Waals surface area (Å²) in [5.74, 6) is 0.0658. The second-order valence-corrected chi connectivity index (χ2v) is 8.65. The number of nitrogens with zero attached hydrogens (tertiary/aromatic N) is 1. The van der Waals surface area contributed by atoms with Crippen LogP contribution in [0.4, 0.5) is 5.69 Å². The van der Waals surface area contributed by atoms with Crippen molar-refractivity contribution in [3.63, 3.8) is 0 Å². The number of halogens is 2. The van der Waals surface area contributed by atoms with Crippen LogP contribution in [-0.4, -0.2) is 21.2 Å². The van der Waals surface area contributed by atoms with Crippen molar-refractivity contribution in [2.45, 2.75) is 20.3 Å². The number of anilines is 1. The molecule has 0 spiro atoms. The Kier molecular flexibility index (Phi) is 6.83. The van der Waals surface area contributed by atoms with E-state index in [0.29, 0.717) is 21.4 Å². The molecule has 168 valence electrons. The monoisotopic (exact) mass is 498 g/mol. The molecule has 2 aromatic heterocycles. The number of hydrogen-bond donors (Lipinski definition) is 3. The van der Waals surface area contributed by atoms with E-state index in [-0.39, 0.29) is 10.9 Å². The van der Waals surface area contributed by atoms with Crippen LogP contribution < -0.4 is 10.6 Å². The average molecular weight is 499 g/mol. The number of aromatic amines is 1. The Balaban J connectivity index is 1.36. The molecule has 2 heterocycles. The highest BCUT2D eigenvalue weighted by Crippen LogP contribution is 2.34. The third-order valence-electron chi connectivity index (χ3n) is 5.15. The molecule has 3 N–H and O–H groups in total. The van der Waals surface area contributed by atoms with Gasteiger partial charge in [-0.1, -0.05) is 41.4 Å². The van der Waals surface area contributed by atoms with Gasteiger partial charge in [0.25, 0.3) is 5.91 Å². The molecule has 9 heteroatoms. The first-order valence-electron chi connectivity index (χ1n) is 10.1. The van der Waals surface area contributed by atoms with Crippen molar-refractivity contribution in [2.24, 2.45) is 0 Å². The Morgan fingerprint density at radius 2 is 1.85 bits per heavy atom. The summed E-state index contributed by atoms with van der Waals surface area (Å²) in [6.45, 7) is 4.00. The Morgan fingerprint density at radius 3 is 2.55 bits per heavy atom. The number of rotatable bonds is 5. The summed E-state index contributed by atoms with van der Waals surface area (Å²) >= 11 is 17.6. The number of furan rings is 1. The fourth-order valence-electron chi connectivity index (χ4n) is 3.37. The van der Waals surface area contributed by atoms with Crippen molar-refractivity contribution in [2.75, 3.05) is 5.32 Å². The first kappa shape index (κ1) is 23.0. The van der Waals surface area contributed by atoms with Crippen LogP contribution in [0.5, 0.6) is 0 Å². The third-order valence-corrected chi connectivity index (χ3v) is 6.17. The average Bonchev–Trinajstić information content (AvgIpc) is 3.40. The van der Waals surface area contributed by atoms with E-state index < -0.39 is 5.91 Å². The van der Waals surface area contributed by atoms with E-state index in [1.54, 1.807) is 30.3 Å². The maximum Gasteiger partial charge on any atom is 0.293 e. The summed E-state index contributed by atoms with van der Waals surface area (Å²) in [7, 11) is 0. The SMILES string of the molecule is Cc1n[nH]c(C)c1Cc1ccc(NC(=S)NC(=O)c2ccc(-c3cccc(Cl)c3Cl)o2)cc1. The van der Waals surface area contributed by atoms with Crippen molar-refractivity contribution >= 4 is 52.1 Å². The number of nitrogens with one attached hydrogen (secondary N) is 3. The number of carbonyl (C=O) groups is 1. The zero-order valence-electron chi connectivity index (χ0n) is 17.8. The first-order chi connectivity index (χ1) is 15.8. The van der Waals surface area contributed by atoms with Gasteiger partial charge in [0.05, 0.1) is 15.7 Å². The predicted octanol–water partition coefficient (Wildman–Crippen LogP) is 6.31. The number of aromatic nitrogens is 2. The molecule has 0 aliphatic heterocycles. The summed E-state index contributed by atoms with van der Waals surface area (Å²) in [4.78, 5) is 12.5. The van der Waals surface area contributed by atoms with Gasteiger partial charge in [-0.05, 0) is 68.0 Å². The van der Waals surface area contributed by atoms with Crippen molar-refractivity contribution < 1.29 is 9.21 Å². The van der Waals surface area contributed by atoms with Crippen LogP contribution in [0.1, 0.15) is 33.1 Å². The fraction of sp³-hybridized carbons (Fsp3) is 0.125. The minimum Gasteiger partial charge on any atom is -0.451 e. The van der Waals surface area contributed by atoms with E-state index >= 15 is 0 Å². The van der Waals surface area contributed by atoms with E-state index in [0.717, 1.165) is 29.1 Å². The number of benzene rings is 2. The van der Waals surface area contributed by atoms with Gasteiger partial charge in [0.2, 0.25) is 0 Å². The second-order valence-electron chi connectivity index (χ2n) is 7.46. The van der Waals surface area contributed by atoms with Gasteiger partial charge in [0.1, 0.15) is 5.76 Å². The molecule has 4 aromatic rings. The van der Waals surface area contributed by atoms with Crippen LogP contribution in [0.2, 0.25) is 10.0 Å². The molecule has 6 nitrogen and oxygen atoms in total. The topological polar surface area (TPSA) is 83.0 Å². The Hall–Kier alpha value is -3.13. The highest BCUT2D eigenvalue weighted by atomic mass is 35.5. The van der Waals surface area contributed by atoms with Crippen LogP contribution >= 0.6 is 35.4 Å². The fourth-order valence-corrected chi connectivity index (χ4v) is 3.97. The molecular formula is C24H20Cl2N4O2S. The molecule has 4 rings (SSSR count). The van der Waals surface area contributed by atoms with Crippen LogP contribution in [0.15, 0.2) is 59.0 Å². The summed E-state index contributed by atoms with van der Waals surface area (Å²) in [5, 5.41) is 13.8. The molecule has 1 amide bonds. The smallest absolute Gasteiger partial charge is 0.293 e. The minimum absolute atomic E-state index is 0.103. The van der Waals surface area contributed by atoms with E-state index in [2.05, 4.69) is 20.8 Å². The van der Waals surface area contributed by atoms with Gasteiger partial charge in [0.15, 0.2) is 10.9 Å². The van der Waals surface area contributed by atoms with Gasteiger partial charge < -0.3 is 9.73 Å². The minimum atomic E-state index is -0.473. The molecule has 33 heavy (non-hydrogen) atoms. The lowest BCUT2D eigenvalue weighted by atomic mass is 10.0. The lowest BCUT2D eigenvalue weighted by molar-refractivity contribution is 0.0951. The zero-order valence-corrected chi connectivity index (χ0v) is 20.2. The molecule has 0 bridgehead atoms. The number of carbonyl (C=O) groups excluding carboxylic acids is 1. The van der Waals surface area contributed by atoms with Crippen LogP contribution in [0.3, 0.4) is 0 Å². The molecular weight excluding hydrogens is 479 g/mol. The van der Waals surface area contributed by atoms with Crippen LogP contribution in [0.25, 0.3) is 11.3 Å². The zero-order chi connectivity index (χ0) is 23.5. The van der Waals surface area contributed by atoms with E-state index in [9.17, 15) is 4.79 Å². The summed E-state index contributed by atoms with van der Waals surface area (Å²) in [6, 6.07) is 16.2. The summed E-state index contributed by atoms with van der Waals surface area (Å²) < 4.78 is 5.65. The molecule has 0 unspecified atom stereocenters. The lowest BCUT2D eigenvalue weighted by Crippen LogP contribution is -2.33. The Bertz CT molecular complexity index is 1310. The Labute approximate surface area is 206 Å². The van der Waals surface area contributed by atoms with Gasteiger partial charge in [0, 0.05) is 28.9 Å². The largest absolute Gasteiger partial charge is 0.451 e. The quantitative estimate of drug-likeness (QED) is 0.280. The summed E-state index contributed by atoms with van der Waals surface area (Å²) in [5.41, 5.74) is 5.76. The van der Waals surface area contributed by atoms with Crippen molar-refractivity contribution in [1.29, 1.82) is 0 Å². The second kappa shape index (κ2) is 9.79. The molecule has 0 atom stereocenters. The number of aryl methyl sites for hydroxylation is 2. The van der Waals surface area contributed by atoms with E-state index in [4.69, 9.17) is 39.8 Å². The maximum absolute atomic E-state index is 12.5. The number of hydrogen-bond acceptors (Lipinski definition) is 4. The van der Waals surface area contributed by atoms with Gasteiger partial charge in [-0.2, -0.15) is 5.10 Å². The molecule has 0 saturated heterocycles.